The highest BCUT2D eigenvalue weighted by atomic mass is 35.5. The Bertz CT molecular complexity index is 313. The molecular formula is C7H5ClF3NO. The van der Waals surface area contributed by atoms with E-state index in [-0.39, 0.29) is 5.69 Å². The second kappa shape index (κ2) is 3.43. The van der Waals surface area contributed by atoms with Crippen LogP contribution in [0, 0.1) is 0 Å². The zero-order valence-electron chi connectivity index (χ0n) is 6.19. The van der Waals surface area contributed by atoms with Gasteiger partial charge < -0.3 is 0 Å². The Morgan fingerprint density at radius 2 is 1.92 bits per heavy atom. The third kappa shape index (κ3) is 2.26. The summed E-state index contributed by atoms with van der Waals surface area (Å²) in [4.78, 5) is 0. The van der Waals surface area contributed by atoms with E-state index in [1.54, 1.807) is 5.48 Å². The molecule has 0 radical (unpaired) electrons. The van der Waals surface area contributed by atoms with Crippen molar-refractivity contribution in [2.75, 3.05) is 5.48 Å². The van der Waals surface area contributed by atoms with E-state index < -0.39 is 16.8 Å². The predicted octanol–water partition coefficient (Wildman–Crippen LogP) is 3.16. The minimum atomic E-state index is -4.47. The normalized spacial score (nSPS) is 11.5. The first-order valence-electron chi connectivity index (χ1n) is 3.22. The molecule has 0 atom stereocenters. The fourth-order valence-electron chi connectivity index (χ4n) is 0.815. The molecule has 0 aliphatic rings. The Morgan fingerprint density at radius 1 is 1.31 bits per heavy atom. The fraction of sp³-hybridized carbons (Fsp3) is 0.143. The molecule has 0 amide bonds. The molecule has 1 rings (SSSR count). The summed E-state index contributed by atoms with van der Waals surface area (Å²) in [6.07, 6.45) is -4.47. The lowest BCUT2D eigenvalue weighted by molar-refractivity contribution is -0.137. The quantitative estimate of drug-likeness (QED) is 0.700. The first-order valence-corrected chi connectivity index (χ1v) is 3.60. The van der Waals surface area contributed by atoms with E-state index in [9.17, 15) is 13.2 Å². The first-order chi connectivity index (χ1) is 5.95. The van der Waals surface area contributed by atoms with Gasteiger partial charge in [-0.25, -0.2) is 0 Å². The van der Waals surface area contributed by atoms with E-state index in [1.807, 2.05) is 0 Å². The van der Waals surface area contributed by atoms with Crippen molar-refractivity contribution in [2.24, 2.45) is 0 Å². The number of hydrogen-bond acceptors (Lipinski definition) is 2. The van der Waals surface area contributed by atoms with Crippen LogP contribution in [0.15, 0.2) is 18.2 Å². The van der Waals surface area contributed by atoms with Gasteiger partial charge in [-0.3, -0.25) is 10.7 Å². The van der Waals surface area contributed by atoms with Gasteiger partial charge in [-0.2, -0.15) is 13.2 Å². The summed E-state index contributed by atoms with van der Waals surface area (Å²) in [6, 6.07) is 2.86. The molecule has 2 N–H and O–H groups in total. The van der Waals surface area contributed by atoms with E-state index in [2.05, 4.69) is 0 Å². The molecule has 0 spiro atoms. The zero-order chi connectivity index (χ0) is 10.1. The highest BCUT2D eigenvalue weighted by Gasteiger charge is 2.32. The van der Waals surface area contributed by atoms with Crippen LogP contribution < -0.4 is 5.48 Å². The number of nitrogens with one attached hydrogen (secondary N) is 1. The molecule has 1 aromatic rings. The van der Waals surface area contributed by atoms with E-state index >= 15 is 0 Å². The van der Waals surface area contributed by atoms with Crippen molar-refractivity contribution in [2.45, 2.75) is 6.18 Å². The summed E-state index contributed by atoms with van der Waals surface area (Å²) in [6.45, 7) is 0. The lowest BCUT2D eigenvalue weighted by Crippen LogP contribution is -2.05. The molecule has 0 aliphatic carbocycles. The molecule has 0 aliphatic heterocycles. The maximum absolute atomic E-state index is 12.1. The monoisotopic (exact) mass is 211 g/mol. The topological polar surface area (TPSA) is 32.3 Å². The minimum absolute atomic E-state index is 0.109. The fourth-order valence-corrected chi connectivity index (χ4v) is 1.10. The summed E-state index contributed by atoms with van der Waals surface area (Å²) in [7, 11) is 0. The van der Waals surface area contributed by atoms with E-state index in [4.69, 9.17) is 16.8 Å². The molecule has 13 heavy (non-hydrogen) atoms. The van der Waals surface area contributed by atoms with Crippen LogP contribution in [-0.2, 0) is 6.18 Å². The molecule has 6 heteroatoms. The Hall–Kier alpha value is -0.940. The maximum atomic E-state index is 12.1. The number of halogens is 4. The molecule has 0 saturated carbocycles. The molecule has 0 fully saturated rings. The summed E-state index contributed by atoms with van der Waals surface area (Å²) < 4.78 is 36.4. The molecule has 0 unspecified atom stereocenters. The third-order valence-electron chi connectivity index (χ3n) is 1.40. The highest BCUT2D eigenvalue weighted by molar-refractivity contribution is 6.31. The molecule has 0 bridgehead atoms. The maximum Gasteiger partial charge on any atom is 0.417 e. The minimum Gasteiger partial charge on any atom is -0.291 e. The van der Waals surface area contributed by atoms with Crippen molar-refractivity contribution in [3.63, 3.8) is 0 Å². The van der Waals surface area contributed by atoms with Crippen molar-refractivity contribution in [3.05, 3.63) is 28.8 Å². The van der Waals surface area contributed by atoms with Crippen molar-refractivity contribution in [1.82, 2.24) is 0 Å². The van der Waals surface area contributed by atoms with Gasteiger partial charge in [0.1, 0.15) is 0 Å². The third-order valence-corrected chi connectivity index (χ3v) is 1.72. The Labute approximate surface area is 76.9 Å². The van der Waals surface area contributed by atoms with Crippen LogP contribution in [0.25, 0.3) is 0 Å². The van der Waals surface area contributed by atoms with Crippen molar-refractivity contribution in [1.29, 1.82) is 0 Å². The lowest BCUT2D eigenvalue weighted by Gasteiger charge is -2.09. The molecular weight excluding hydrogens is 207 g/mol. The average molecular weight is 212 g/mol. The number of benzene rings is 1. The van der Waals surface area contributed by atoms with Crippen LogP contribution in [0.1, 0.15) is 5.56 Å². The standard InChI is InChI=1S/C7H5ClF3NO/c8-6-3-4(12-13)1-2-5(6)7(9,10)11/h1-3,12-13H. The summed E-state index contributed by atoms with van der Waals surface area (Å²) in [5, 5.41) is 7.91. The molecule has 0 aromatic heterocycles. The Morgan fingerprint density at radius 3 is 2.31 bits per heavy atom. The molecule has 2 nitrogen and oxygen atoms in total. The molecule has 1 aromatic carbocycles. The van der Waals surface area contributed by atoms with E-state index in [0.717, 1.165) is 18.2 Å². The van der Waals surface area contributed by atoms with Gasteiger partial charge in [-0.15, -0.1) is 0 Å². The Kier molecular flexibility index (Phi) is 2.68. The van der Waals surface area contributed by atoms with Crippen molar-refractivity contribution in [3.8, 4) is 0 Å². The van der Waals surface area contributed by atoms with Gasteiger partial charge in [-0.1, -0.05) is 11.6 Å². The second-order valence-corrected chi connectivity index (χ2v) is 2.71. The van der Waals surface area contributed by atoms with Crippen molar-refractivity contribution >= 4 is 17.3 Å². The molecule has 0 heterocycles. The van der Waals surface area contributed by atoms with Crippen LogP contribution >= 0.6 is 11.6 Å². The molecule has 72 valence electrons. The largest absolute Gasteiger partial charge is 0.417 e. The van der Waals surface area contributed by atoms with Gasteiger partial charge in [-0.05, 0) is 18.2 Å². The zero-order valence-corrected chi connectivity index (χ0v) is 6.95. The molecule has 0 saturated heterocycles. The van der Waals surface area contributed by atoms with Crippen LogP contribution in [0.2, 0.25) is 5.02 Å². The van der Waals surface area contributed by atoms with E-state index in [1.165, 1.54) is 0 Å². The summed E-state index contributed by atoms with van der Waals surface area (Å²) >= 11 is 5.32. The lowest BCUT2D eigenvalue weighted by atomic mass is 10.2. The highest BCUT2D eigenvalue weighted by Crippen LogP contribution is 2.35. The SMILES string of the molecule is ONc1ccc(C(F)(F)F)c(Cl)c1. The van der Waals surface area contributed by atoms with Crippen molar-refractivity contribution < 1.29 is 18.4 Å². The van der Waals surface area contributed by atoms with Gasteiger partial charge in [0.2, 0.25) is 0 Å². The first kappa shape index (κ1) is 10.1. The van der Waals surface area contributed by atoms with Crippen LogP contribution in [0.3, 0.4) is 0 Å². The average Bonchev–Trinajstić information content (AvgIpc) is 2.01. The Balaban J connectivity index is 3.13. The van der Waals surface area contributed by atoms with Crippen LogP contribution in [0.5, 0.6) is 0 Å². The van der Waals surface area contributed by atoms with Crippen LogP contribution in [-0.4, -0.2) is 5.21 Å². The summed E-state index contributed by atoms with van der Waals surface area (Å²) in [5.74, 6) is 0. The predicted molar refractivity (Wildman–Crippen MR) is 41.9 cm³/mol. The second-order valence-electron chi connectivity index (χ2n) is 2.30. The van der Waals surface area contributed by atoms with Crippen LogP contribution in [0.4, 0.5) is 18.9 Å². The van der Waals surface area contributed by atoms with Gasteiger partial charge in [0.25, 0.3) is 0 Å². The van der Waals surface area contributed by atoms with Gasteiger partial charge in [0.15, 0.2) is 0 Å². The van der Waals surface area contributed by atoms with Gasteiger partial charge >= 0.3 is 6.18 Å². The number of rotatable bonds is 1. The van der Waals surface area contributed by atoms with Gasteiger partial charge in [0, 0.05) is 0 Å². The number of hydrogen-bond donors (Lipinski definition) is 2. The van der Waals surface area contributed by atoms with E-state index in [0.29, 0.717) is 0 Å². The van der Waals surface area contributed by atoms with Gasteiger partial charge in [0.05, 0.1) is 16.3 Å². The summed E-state index contributed by atoms with van der Waals surface area (Å²) in [5.41, 5.74) is 0.881. The number of alkyl halides is 3. The number of anilines is 1. The smallest absolute Gasteiger partial charge is 0.291 e.